The summed E-state index contributed by atoms with van der Waals surface area (Å²) in [6.45, 7) is 3.57. The van der Waals surface area contributed by atoms with Gasteiger partial charge in [0.05, 0.1) is 17.7 Å². The van der Waals surface area contributed by atoms with Crippen LogP contribution >= 0.6 is 11.8 Å². The summed E-state index contributed by atoms with van der Waals surface area (Å²) < 4.78 is 34.5. The van der Waals surface area contributed by atoms with Crippen LogP contribution < -0.4 is 5.43 Å². The Hall–Kier alpha value is -3.59. The Bertz CT molecular complexity index is 1370. The maximum Gasteiger partial charge on any atom is 0.362 e. The lowest BCUT2D eigenvalue weighted by Crippen LogP contribution is -2.25. The summed E-state index contributed by atoms with van der Waals surface area (Å²) >= 11 is 1.09. The van der Waals surface area contributed by atoms with Gasteiger partial charge in [-0.2, -0.15) is 5.10 Å². The molecule has 4 rings (SSSR count). The fourth-order valence-corrected chi connectivity index (χ4v) is 3.78. The van der Waals surface area contributed by atoms with Crippen LogP contribution in [0.3, 0.4) is 0 Å². The minimum Gasteiger partial charge on any atom is -0.461 e. The number of pyridine rings is 1. The smallest absolute Gasteiger partial charge is 0.362 e. The minimum absolute atomic E-state index is 0.0299. The van der Waals surface area contributed by atoms with Gasteiger partial charge in [-0.25, -0.2) is 23.2 Å². The zero-order chi connectivity index (χ0) is 22.8. The van der Waals surface area contributed by atoms with Crippen LogP contribution in [0.1, 0.15) is 23.0 Å². The number of hydrogen-bond acceptors (Lipinski definition) is 6. The molecule has 2 aromatic heterocycles. The van der Waals surface area contributed by atoms with Crippen molar-refractivity contribution in [2.24, 2.45) is 0 Å². The number of carbonyl (C=O) groups is 1. The van der Waals surface area contributed by atoms with Crippen LogP contribution in [0.5, 0.6) is 0 Å². The predicted octanol–water partition coefficient (Wildman–Crippen LogP) is 4.70. The van der Waals surface area contributed by atoms with Gasteiger partial charge in [-0.3, -0.25) is 4.79 Å². The third kappa shape index (κ3) is 4.24. The van der Waals surface area contributed by atoms with Crippen LogP contribution in [-0.2, 0) is 4.74 Å². The quantitative estimate of drug-likeness (QED) is 0.408. The number of esters is 1. The first-order valence-electron chi connectivity index (χ1n) is 9.68. The third-order valence-corrected chi connectivity index (χ3v) is 5.55. The lowest BCUT2D eigenvalue weighted by atomic mass is 10.2. The number of aryl methyl sites for hydroxylation is 1. The first-order valence-corrected chi connectivity index (χ1v) is 10.5. The summed E-state index contributed by atoms with van der Waals surface area (Å²) in [4.78, 5) is 30.3. The summed E-state index contributed by atoms with van der Waals surface area (Å²) in [7, 11) is 0. The maximum atomic E-state index is 14.9. The molecule has 0 radical (unpaired) electrons. The molecule has 0 aliphatic carbocycles. The van der Waals surface area contributed by atoms with Crippen molar-refractivity contribution >= 4 is 28.8 Å². The topological polar surface area (TPSA) is 74.1 Å². The molecule has 9 heteroatoms. The number of ether oxygens (including phenoxy) is 1. The normalized spacial score (nSPS) is 11.0. The number of nitrogens with zero attached hydrogens (tertiary/aromatic N) is 3. The molecular weight excluding hydrogens is 436 g/mol. The molecule has 0 saturated heterocycles. The van der Waals surface area contributed by atoms with E-state index in [9.17, 15) is 18.4 Å². The highest BCUT2D eigenvalue weighted by molar-refractivity contribution is 7.99. The van der Waals surface area contributed by atoms with Crippen LogP contribution in [-0.4, -0.2) is 27.3 Å². The predicted molar refractivity (Wildman–Crippen MR) is 116 cm³/mol. The second kappa shape index (κ2) is 8.88. The van der Waals surface area contributed by atoms with Crippen molar-refractivity contribution in [2.75, 3.05) is 6.61 Å². The minimum atomic E-state index is -0.936. The summed E-state index contributed by atoms with van der Waals surface area (Å²) in [5.41, 5.74) is 0.124. The molecule has 2 heterocycles. The highest BCUT2D eigenvalue weighted by Gasteiger charge is 2.22. The number of hydrogen-bond donors (Lipinski definition) is 0. The Kier molecular flexibility index (Phi) is 6.00. The Morgan fingerprint density at radius 1 is 1.09 bits per heavy atom. The molecule has 6 nitrogen and oxygen atoms in total. The van der Waals surface area contributed by atoms with Crippen molar-refractivity contribution in [3.05, 3.63) is 87.7 Å². The van der Waals surface area contributed by atoms with Gasteiger partial charge in [-0.15, -0.1) is 0 Å². The molecule has 0 unspecified atom stereocenters. The summed E-state index contributed by atoms with van der Waals surface area (Å²) in [5.74, 6) is -2.13. The molecule has 0 saturated carbocycles. The second-order valence-corrected chi connectivity index (χ2v) is 7.91. The van der Waals surface area contributed by atoms with Crippen molar-refractivity contribution in [3.8, 4) is 5.69 Å². The van der Waals surface area contributed by atoms with E-state index >= 15 is 0 Å². The van der Waals surface area contributed by atoms with Crippen LogP contribution in [0.15, 0.2) is 69.3 Å². The third-order valence-electron chi connectivity index (χ3n) is 4.56. The number of aromatic nitrogens is 3. The maximum absolute atomic E-state index is 14.9. The molecule has 162 valence electrons. The number of benzene rings is 2. The largest absolute Gasteiger partial charge is 0.461 e. The molecular formula is C23H17F2N3O3S. The number of carbonyl (C=O) groups excluding carboxylic acids is 1. The average Bonchev–Trinajstić information content (AvgIpc) is 2.77. The van der Waals surface area contributed by atoms with Crippen molar-refractivity contribution < 1.29 is 18.3 Å². The zero-order valence-electron chi connectivity index (χ0n) is 17.1. The molecule has 0 aliphatic heterocycles. The zero-order valence-corrected chi connectivity index (χ0v) is 18.0. The van der Waals surface area contributed by atoms with Gasteiger partial charge in [0.25, 0.3) is 0 Å². The van der Waals surface area contributed by atoms with Gasteiger partial charge in [0.15, 0.2) is 11.5 Å². The number of fused-ring (bicyclic) bond motifs is 1. The van der Waals surface area contributed by atoms with E-state index in [1.165, 1.54) is 28.9 Å². The van der Waals surface area contributed by atoms with E-state index in [0.717, 1.165) is 28.3 Å². The first kappa shape index (κ1) is 21.6. The van der Waals surface area contributed by atoms with E-state index in [1.54, 1.807) is 6.92 Å². The van der Waals surface area contributed by atoms with E-state index in [4.69, 9.17) is 4.74 Å². The number of rotatable bonds is 5. The summed E-state index contributed by atoms with van der Waals surface area (Å²) in [6, 6.07) is 13.7. The van der Waals surface area contributed by atoms with E-state index in [1.807, 2.05) is 31.2 Å². The fraction of sp³-hybridized carbons (Fsp3) is 0.130. The van der Waals surface area contributed by atoms with Gasteiger partial charge < -0.3 is 4.74 Å². The van der Waals surface area contributed by atoms with Crippen LogP contribution in [0.4, 0.5) is 8.78 Å². The van der Waals surface area contributed by atoms with Gasteiger partial charge in [-0.1, -0.05) is 29.5 Å². The molecule has 0 spiro atoms. The molecule has 0 aliphatic rings. The van der Waals surface area contributed by atoms with Gasteiger partial charge in [0, 0.05) is 4.90 Å². The monoisotopic (exact) mass is 453 g/mol. The average molecular weight is 453 g/mol. The molecule has 2 aromatic carbocycles. The van der Waals surface area contributed by atoms with Gasteiger partial charge >= 0.3 is 5.97 Å². The summed E-state index contributed by atoms with van der Waals surface area (Å²) in [6.07, 6.45) is 0. The van der Waals surface area contributed by atoms with Gasteiger partial charge in [0.2, 0.25) is 11.1 Å². The lowest BCUT2D eigenvalue weighted by molar-refractivity contribution is 0.0516. The van der Waals surface area contributed by atoms with Gasteiger partial charge in [0.1, 0.15) is 10.8 Å². The Balaban J connectivity index is 1.95. The first-order chi connectivity index (χ1) is 15.4. The van der Waals surface area contributed by atoms with Crippen molar-refractivity contribution in [1.82, 2.24) is 14.8 Å². The van der Waals surface area contributed by atoms with E-state index < -0.39 is 28.7 Å². The van der Waals surface area contributed by atoms with Gasteiger partial charge in [-0.05, 0) is 56.3 Å². The van der Waals surface area contributed by atoms with E-state index in [0.29, 0.717) is 5.69 Å². The molecule has 32 heavy (non-hydrogen) atoms. The van der Waals surface area contributed by atoms with E-state index in [-0.39, 0.29) is 22.7 Å². The Morgan fingerprint density at radius 3 is 2.44 bits per heavy atom. The molecule has 0 amide bonds. The highest BCUT2D eigenvalue weighted by atomic mass is 32.2. The standard InChI is InChI=1S/C23H17F2N3O3S/c1-3-31-23(30)19-20(29)17-12-18(25)22(32-16-10-4-13(2)5-11-16)26-21(17)28(27-19)15-8-6-14(24)7-9-15/h4-12H,3H2,1-2H3. The van der Waals surface area contributed by atoms with Crippen molar-refractivity contribution in [3.63, 3.8) is 0 Å². The van der Waals surface area contributed by atoms with E-state index in [2.05, 4.69) is 10.1 Å². The Morgan fingerprint density at radius 2 is 1.78 bits per heavy atom. The molecule has 4 aromatic rings. The van der Waals surface area contributed by atoms with Crippen molar-refractivity contribution in [1.29, 1.82) is 0 Å². The summed E-state index contributed by atoms with van der Waals surface area (Å²) in [5, 5.41) is 4.01. The lowest BCUT2D eigenvalue weighted by Gasteiger charge is -2.13. The Labute approximate surface area is 185 Å². The van der Waals surface area contributed by atoms with Crippen LogP contribution in [0, 0.1) is 18.6 Å². The van der Waals surface area contributed by atoms with Crippen LogP contribution in [0.2, 0.25) is 0 Å². The molecule has 0 bridgehead atoms. The van der Waals surface area contributed by atoms with Crippen molar-refractivity contribution in [2.45, 2.75) is 23.8 Å². The highest BCUT2D eigenvalue weighted by Crippen LogP contribution is 2.30. The van der Waals surface area contributed by atoms with Crippen LogP contribution in [0.25, 0.3) is 16.7 Å². The fourth-order valence-electron chi connectivity index (χ4n) is 3.00. The number of halogens is 2. The second-order valence-electron chi connectivity index (χ2n) is 6.85. The SMILES string of the molecule is CCOC(=O)c1nn(-c2ccc(F)cc2)c2nc(Sc3ccc(C)cc3)c(F)cc2c1=O. The molecule has 0 atom stereocenters. The molecule has 0 fully saturated rings. The molecule has 0 N–H and O–H groups in total.